The molecule has 3 nitrogen and oxygen atoms in total. The van der Waals surface area contributed by atoms with Crippen molar-refractivity contribution in [2.75, 3.05) is 0 Å². The highest BCUT2D eigenvalue weighted by Crippen LogP contribution is 2.32. The third-order valence-corrected chi connectivity index (χ3v) is 3.56. The molecular formula is C16H16N2O. The molecule has 0 aliphatic rings. The SMILES string of the molecule is CC(c1ccccn1)C(N)c1coc2ccccc12. The van der Waals surface area contributed by atoms with Crippen LogP contribution in [0.2, 0.25) is 0 Å². The molecular weight excluding hydrogens is 236 g/mol. The minimum absolute atomic E-state index is 0.126. The summed E-state index contributed by atoms with van der Waals surface area (Å²) in [5.74, 6) is 0.141. The summed E-state index contributed by atoms with van der Waals surface area (Å²) in [6, 6.07) is 13.7. The molecule has 0 radical (unpaired) electrons. The number of aromatic nitrogens is 1. The fourth-order valence-electron chi connectivity index (χ4n) is 2.36. The molecule has 3 heteroatoms. The maximum absolute atomic E-state index is 6.38. The number of furan rings is 1. The van der Waals surface area contributed by atoms with Crippen molar-refractivity contribution in [2.24, 2.45) is 5.73 Å². The van der Waals surface area contributed by atoms with Gasteiger partial charge < -0.3 is 10.2 Å². The second-order valence-corrected chi connectivity index (χ2v) is 4.76. The van der Waals surface area contributed by atoms with Crippen LogP contribution in [0.25, 0.3) is 11.0 Å². The Kier molecular flexibility index (Phi) is 3.05. The van der Waals surface area contributed by atoms with Gasteiger partial charge in [-0.2, -0.15) is 0 Å². The van der Waals surface area contributed by atoms with Crippen LogP contribution in [0, 0.1) is 0 Å². The Hall–Kier alpha value is -2.13. The zero-order valence-electron chi connectivity index (χ0n) is 10.8. The van der Waals surface area contributed by atoms with E-state index in [-0.39, 0.29) is 12.0 Å². The Morgan fingerprint density at radius 1 is 1.11 bits per heavy atom. The summed E-state index contributed by atoms with van der Waals surface area (Å²) in [5.41, 5.74) is 9.29. The van der Waals surface area contributed by atoms with Crippen LogP contribution >= 0.6 is 0 Å². The molecule has 3 aromatic rings. The van der Waals surface area contributed by atoms with Gasteiger partial charge in [0, 0.05) is 34.8 Å². The average molecular weight is 252 g/mol. The largest absolute Gasteiger partial charge is 0.464 e. The normalized spacial score (nSPS) is 14.4. The molecule has 0 spiro atoms. The van der Waals surface area contributed by atoms with E-state index < -0.39 is 0 Å². The molecule has 0 saturated heterocycles. The van der Waals surface area contributed by atoms with Crippen molar-refractivity contribution in [3.63, 3.8) is 0 Å². The first kappa shape index (κ1) is 11.9. The lowest BCUT2D eigenvalue weighted by Crippen LogP contribution is -2.18. The highest BCUT2D eigenvalue weighted by atomic mass is 16.3. The Balaban J connectivity index is 1.98. The maximum Gasteiger partial charge on any atom is 0.134 e. The molecule has 0 amide bonds. The van der Waals surface area contributed by atoms with Crippen LogP contribution in [0.15, 0.2) is 59.3 Å². The molecule has 19 heavy (non-hydrogen) atoms. The van der Waals surface area contributed by atoms with Crippen molar-refractivity contribution in [1.29, 1.82) is 0 Å². The van der Waals surface area contributed by atoms with E-state index >= 15 is 0 Å². The van der Waals surface area contributed by atoms with Gasteiger partial charge in [-0.1, -0.05) is 31.2 Å². The fraction of sp³-hybridized carbons (Fsp3) is 0.188. The molecule has 0 fully saturated rings. The Morgan fingerprint density at radius 3 is 2.68 bits per heavy atom. The first-order chi connectivity index (χ1) is 9.27. The summed E-state index contributed by atoms with van der Waals surface area (Å²) >= 11 is 0. The molecule has 0 bridgehead atoms. The quantitative estimate of drug-likeness (QED) is 0.774. The standard InChI is InChI=1S/C16H16N2O/c1-11(14-7-4-5-9-18-14)16(17)13-10-19-15-8-3-2-6-12(13)15/h2-11,16H,17H2,1H3. The first-order valence-electron chi connectivity index (χ1n) is 6.40. The van der Waals surface area contributed by atoms with Crippen molar-refractivity contribution in [1.82, 2.24) is 4.98 Å². The predicted molar refractivity (Wildman–Crippen MR) is 75.8 cm³/mol. The molecule has 0 saturated carbocycles. The van der Waals surface area contributed by atoms with E-state index in [1.165, 1.54) is 0 Å². The average Bonchev–Trinajstić information content (AvgIpc) is 2.90. The second-order valence-electron chi connectivity index (χ2n) is 4.76. The summed E-state index contributed by atoms with van der Waals surface area (Å²) in [7, 11) is 0. The van der Waals surface area contributed by atoms with E-state index in [4.69, 9.17) is 10.2 Å². The first-order valence-corrected chi connectivity index (χ1v) is 6.40. The number of fused-ring (bicyclic) bond motifs is 1. The van der Waals surface area contributed by atoms with Crippen LogP contribution in [0.3, 0.4) is 0 Å². The lowest BCUT2D eigenvalue weighted by Gasteiger charge is -2.18. The molecule has 0 aliphatic heterocycles. The Labute approximate surface area is 112 Å². The van der Waals surface area contributed by atoms with E-state index in [1.807, 2.05) is 42.5 Å². The zero-order chi connectivity index (χ0) is 13.2. The number of para-hydroxylation sites is 1. The van der Waals surface area contributed by atoms with Crippen LogP contribution in [-0.4, -0.2) is 4.98 Å². The number of nitrogens with zero attached hydrogens (tertiary/aromatic N) is 1. The van der Waals surface area contributed by atoms with Crippen molar-refractivity contribution in [3.8, 4) is 0 Å². The molecule has 1 aromatic carbocycles. The number of nitrogens with two attached hydrogens (primary N) is 1. The van der Waals surface area contributed by atoms with Crippen molar-refractivity contribution >= 4 is 11.0 Å². The smallest absolute Gasteiger partial charge is 0.134 e. The van der Waals surface area contributed by atoms with Crippen LogP contribution in [0.5, 0.6) is 0 Å². The van der Waals surface area contributed by atoms with Crippen LogP contribution in [0.4, 0.5) is 0 Å². The van der Waals surface area contributed by atoms with E-state index in [2.05, 4.69) is 11.9 Å². The predicted octanol–water partition coefficient (Wildman–Crippen LogP) is 3.63. The topological polar surface area (TPSA) is 52.0 Å². The van der Waals surface area contributed by atoms with Gasteiger partial charge in [-0.25, -0.2) is 0 Å². The number of hydrogen-bond acceptors (Lipinski definition) is 3. The molecule has 0 aliphatic carbocycles. The third kappa shape index (κ3) is 2.13. The summed E-state index contributed by atoms with van der Waals surface area (Å²) < 4.78 is 5.56. The van der Waals surface area contributed by atoms with E-state index in [0.717, 1.165) is 22.2 Å². The van der Waals surface area contributed by atoms with Crippen molar-refractivity contribution in [3.05, 3.63) is 66.2 Å². The zero-order valence-corrected chi connectivity index (χ0v) is 10.8. The van der Waals surface area contributed by atoms with Crippen LogP contribution in [-0.2, 0) is 0 Å². The van der Waals surface area contributed by atoms with Gasteiger partial charge in [0.15, 0.2) is 0 Å². The molecule has 2 heterocycles. The number of pyridine rings is 1. The lowest BCUT2D eigenvalue weighted by molar-refractivity contribution is 0.560. The molecule has 96 valence electrons. The molecule has 3 rings (SSSR count). The van der Waals surface area contributed by atoms with Gasteiger partial charge in [-0.3, -0.25) is 4.98 Å². The molecule has 2 atom stereocenters. The van der Waals surface area contributed by atoms with Gasteiger partial charge in [0.1, 0.15) is 5.58 Å². The molecule has 2 aromatic heterocycles. The lowest BCUT2D eigenvalue weighted by atomic mass is 9.92. The minimum atomic E-state index is -0.126. The summed E-state index contributed by atoms with van der Waals surface area (Å²) in [6.45, 7) is 2.09. The van der Waals surface area contributed by atoms with Gasteiger partial charge >= 0.3 is 0 Å². The van der Waals surface area contributed by atoms with E-state index in [1.54, 1.807) is 12.5 Å². The summed E-state index contributed by atoms with van der Waals surface area (Å²) in [5, 5.41) is 1.08. The number of hydrogen-bond donors (Lipinski definition) is 1. The van der Waals surface area contributed by atoms with Gasteiger partial charge in [-0.15, -0.1) is 0 Å². The molecule has 2 unspecified atom stereocenters. The van der Waals surface area contributed by atoms with Crippen LogP contribution < -0.4 is 5.73 Å². The fourth-order valence-corrected chi connectivity index (χ4v) is 2.36. The third-order valence-electron chi connectivity index (χ3n) is 3.56. The second kappa shape index (κ2) is 4.86. The highest BCUT2D eigenvalue weighted by Gasteiger charge is 2.21. The summed E-state index contributed by atoms with van der Waals surface area (Å²) in [6.07, 6.45) is 3.56. The monoisotopic (exact) mass is 252 g/mol. The van der Waals surface area contributed by atoms with Gasteiger partial charge in [0.25, 0.3) is 0 Å². The molecule has 2 N–H and O–H groups in total. The van der Waals surface area contributed by atoms with Crippen molar-refractivity contribution in [2.45, 2.75) is 18.9 Å². The maximum atomic E-state index is 6.38. The van der Waals surface area contributed by atoms with Gasteiger partial charge in [0.05, 0.1) is 6.26 Å². The van der Waals surface area contributed by atoms with E-state index in [9.17, 15) is 0 Å². The van der Waals surface area contributed by atoms with Gasteiger partial charge in [0.2, 0.25) is 0 Å². The summed E-state index contributed by atoms with van der Waals surface area (Å²) in [4.78, 5) is 4.38. The highest BCUT2D eigenvalue weighted by molar-refractivity contribution is 5.81. The van der Waals surface area contributed by atoms with Gasteiger partial charge in [-0.05, 0) is 18.2 Å². The number of rotatable bonds is 3. The Bertz CT molecular complexity index is 675. The van der Waals surface area contributed by atoms with E-state index in [0.29, 0.717) is 0 Å². The van der Waals surface area contributed by atoms with Crippen LogP contribution in [0.1, 0.15) is 30.1 Å². The van der Waals surface area contributed by atoms with Crippen molar-refractivity contribution < 1.29 is 4.42 Å². The Morgan fingerprint density at radius 2 is 1.89 bits per heavy atom. The number of benzene rings is 1. The minimum Gasteiger partial charge on any atom is -0.464 e.